The van der Waals surface area contributed by atoms with Crippen LogP contribution in [0.2, 0.25) is 10.0 Å². The first-order chi connectivity index (χ1) is 20.8. The second-order valence-electron chi connectivity index (χ2n) is 13.5. The summed E-state index contributed by atoms with van der Waals surface area (Å²) < 4.78 is 27.4. The fraction of sp³-hybridized carbons (Fsp3) is 0.588. The van der Waals surface area contributed by atoms with Crippen LogP contribution in [0.4, 0.5) is 5.69 Å². The second-order valence-corrected chi connectivity index (χ2v) is 16.3. The van der Waals surface area contributed by atoms with Crippen LogP contribution in [0.25, 0.3) is 0 Å². The van der Waals surface area contributed by atoms with Gasteiger partial charge in [-0.1, -0.05) is 55.2 Å². The van der Waals surface area contributed by atoms with Crippen molar-refractivity contribution in [3.8, 4) is 0 Å². The molecular weight excluding hydrogens is 617 g/mol. The average Bonchev–Trinajstić information content (AvgIpc) is 2.95. The minimum absolute atomic E-state index is 0.0316. The van der Waals surface area contributed by atoms with E-state index in [9.17, 15) is 18.0 Å². The highest BCUT2D eigenvalue weighted by Gasteiger charge is 2.51. The molecule has 0 aromatic heterocycles. The molecule has 4 aliphatic rings. The lowest BCUT2D eigenvalue weighted by atomic mass is 9.48. The van der Waals surface area contributed by atoms with Gasteiger partial charge in [-0.05, 0) is 117 Å². The third-order valence-corrected chi connectivity index (χ3v) is 12.0. The summed E-state index contributed by atoms with van der Waals surface area (Å²) >= 11 is 12.6. The molecule has 0 unspecified atom stereocenters. The van der Waals surface area contributed by atoms with E-state index in [1.54, 1.807) is 18.2 Å². The van der Waals surface area contributed by atoms with Crippen molar-refractivity contribution < 1.29 is 18.0 Å². The van der Waals surface area contributed by atoms with Crippen LogP contribution in [-0.2, 0) is 31.6 Å². The lowest BCUT2D eigenvalue weighted by molar-refractivity contribution is -0.140. The van der Waals surface area contributed by atoms with Crippen LogP contribution in [0.1, 0.15) is 83.3 Å². The fourth-order valence-corrected chi connectivity index (χ4v) is 9.57. The molecule has 0 radical (unpaired) electrons. The van der Waals surface area contributed by atoms with E-state index < -0.39 is 28.5 Å². The van der Waals surface area contributed by atoms with Gasteiger partial charge in [-0.3, -0.25) is 13.9 Å². The predicted octanol–water partition coefficient (Wildman–Crippen LogP) is 6.95. The summed E-state index contributed by atoms with van der Waals surface area (Å²) in [5, 5.41) is 3.81. The smallest absolute Gasteiger partial charge is 0.244 e. The first kappa shape index (κ1) is 33.1. The standard InChI is InChI=1S/C34H45Cl2N3O4S/c1-5-22(3)37-33(41)31(6-2)38(20-26-7-10-28(35)16-30(26)36)32(40)21-39(44(4,42)43)29-11-8-27(9-12-29)34-17-23-13-24(18-34)15-25(14-23)19-34/h7-12,16,22-25,31H,5-6,13-15,17-21H2,1-4H3,(H,37,41)/t22-,23?,24?,25?,31+,34?/m0/s1. The van der Waals surface area contributed by atoms with Crippen LogP contribution < -0.4 is 9.62 Å². The summed E-state index contributed by atoms with van der Waals surface area (Å²) in [5.41, 5.74) is 2.53. The van der Waals surface area contributed by atoms with E-state index in [0.717, 1.165) is 34.7 Å². The molecule has 10 heteroatoms. The Morgan fingerprint density at radius 1 is 0.955 bits per heavy atom. The van der Waals surface area contributed by atoms with Gasteiger partial charge in [-0.25, -0.2) is 8.42 Å². The first-order valence-corrected chi connectivity index (χ1v) is 18.5. The molecular formula is C34H45Cl2N3O4S. The Bertz CT molecular complexity index is 1440. The molecule has 2 aromatic carbocycles. The van der Waals surface area contributed by atoms with Crippen molar-refractivity contribution in [2.45, 2.75) is 96.2 Å². The van der Waals surface area contributed by atoms with E-state index in [1.165, 1.54) is 49.0 Å². The molecule has 240 valence electrons. The molecule has 44 heavy (non-hydrogen) atoms. The highest BCUT2D eigenvalue weighted by molar-refractivity contribution is 7.92. The maximum atomic E-state index is 14.1. The molecule has 4 fully saturated rings. The molecule has 0 aliphatic heterocycles. The highest BCUT2D eigenvalue weighted by Crippen LogP contribution is 2.60. The molecule has 2 atom stereocenters. The summed E-state index contributed by atoms with van der Waals surface area (Å²) in [5.74, 6) is 1.63. The van der Waals surface area contributed by atoms with E-state index in [0.29, 0.717) is 27.7 Å². The number of nitrogens with zero attached hydrogens (tertiary/aromatic N) is 2. The Labute approximate surface area is 272 Å². The number of hydrogen-bond acceptors (Lipinski definition) is 4. The summed E-state index contributed by atoms with van der Waals surface area (Å²) in [4.78, 5) is 28.9. The van der Waals surface area contributed by atoms with Crippen molar-refractivity contribution in [3.05, 3.63) is 63.6 Å². The minimum atomic E-state index is -3.82. The zero-order valence-electron chi connectivity index (χ0n) is 26.2. The Balaban J connectivity index is 1.42. The molecule has 7 nitrogen and oxygen atoms in total. The number of carbonyl (C=O) groups excluding carboxylic acids is 2. The normalized spacial score (nSPS) is 25.4. The van der Waals surface area contributed by atoms with Gasteiger partial charge in [0.1, 0.15) is 12.6 Å². The van der Waals surface area contributed by atoms with Crippen LogP contribution in [0.3, 0.4) is 0 Å². The van der Waals surface area contributed by atoms with E-state index in [2.05, 4.69) is 17.4 Å². The average molecular weight is 663 g/mol. The largest absolute Gasteiger partial charge is 0.352 e. The van der Waals surface area contributed by atoms with Gasteiger partial charge in [0.25, 0.3) is 0 Å². The molecule has 4 saturated carbocycles. The molecule has 6 rings (SSSR count). The monoisotopic (exact) mass is 661 g/mol. The Morgan fingerprint density at radius 3 is 2.05 bits per heavy atom. The number of rotatable bonds is 12. The summed E-state index contributed by atoms with van der Waals surface area (Å²) in [6.07, 6.45) is 9.90. The lowest BCUT2D eigenvalue weighted by Gasteiger charge is -2.57. The lowest BCUT2D eigenvalue weighted by Crippen LogP contribution is -2.53. The quantitative estimate of drug-likeness (QED) is 0.267. The van der Waals surface area contributed by atoms with E-state index in [4.69, 9.17) is 23.2 Å². The number of hydrogen-bond donors (Lipinski definition) is 1. The minimum Gasteiger partial charge on any atom is -0.352 e. The number of carbonyl (C=O) groups is 2. The first-order valence-electron chi connectivity index (χ1n) is 15.9. The maximum absolute atomic E-state index is 14.1. The van der Waals surface area contributed by atoms with Crippen molar-refractivity contribution in [1.29, 1.82) is 0 Å². The third kappa shape index (κ3) is 7.07. The molecule has 4 bridgehead atoms. The molecule has 0 heterocycles. The van der Waals surface area contributed by atoms with Gasteiger partial charge in [0.15, 0.2) is 0 Å². The van der Waals surface area contributed by atoms with Gasteiger partial charge < -0.3 is 10.2 Å². The zero-order valence-corrected chi connectivity index (χ0v) is 28.5. The maximum Gasteiger partial charge on any atom is 0.244 e. The van der Waals surface area contributed by atoms with Gasteiger partial charge in [-0.15, -0.1) is 0 Å². The SMILES string of the molecule is CC[C@H](C(=O)N[C@@H](C)CC)N(Cc1ccc(Cl)cc1Cl)C(=O)CN(c1ccc(C23CC4CC(CC(C4)C2)C3)cc1)S(C)(=O)=O. The third-order valence-electron chi connectivity index (χ3n) is 10.2. The Hall–Kier alpha value is -2.29. The van der Waals surface area contributed by atoms with Crippen LogP contribution in [-0.4, -0.2) is 50.0 Å². The van der Waals surface area contributed by atoms with E-state index in [1.807, 2.05) is 32.9 Å². The van der Waals surface area contributed by atoms with Crippen LogP contribution in [0, 0.1) is 17.8 Å². The van der Waals surface area contributed by atoms with Crippen molar-refractivity contribution in [1.82, 2.24) is 10.2 Å². The number of anilines is 1. The Kier molecular flexibility index (Phi) is 9.93. The van der Waals surface area contributed by atoms with E-state index >= 15 is 0 Å². The molecule has 0 saturated heterocycles. The number of halogens is 2. The van der Waals surface area contributed by atoms with Crippen LogP contribution >= 0.6 is 23.2 Å². The summed E-state index contributed by atoms with van der Waals surface area (Å²) in [6, 6.07) is 11.9. The van der Waals surface area contributed by atoms with Crippen molar-refractivity contribution in [2.24, 2.45) is 17.8 Å². The number of benzene rings is 2. The fourth-order valence-electron chi connectivity index (χ4n) is 8.25. The van der Waals surface area contributed by atoms with Crippen LogP contribution in [0.15, 0.2) is 42.5 Å². The zero-order chi connectivity index (χ0) is 31.8. The van der Waals surface area contributed by atoms with E-state index in [-0.39, 0.29) is 23.9 Å². The molecule has 1 N–H and O–H groups in total. The molecule has 4 aliphatic carbocycles. The molecule has 2 amide bonds. The van der Waals surface area contributed by atoms with Crippen molar-refractivity contribution >= 4 is 50.7 Å². The molecule has 0 spiro atoms. The number of amides is 2. The van der Waals surface area contributed by atoms with Gasteiger partial charge >= 0.3 is 0 Å². The summed E-state index contributed by atoms with van der Waals surface area (Å²) in [7, 11) is -3.82. The van der Waals surface area contributed by atoms with Crippen molar-refractivity contribution in [2.75, 3.05) is 17.1 Å². The summed E-state index contributed by atoms with van der Waals surface area (Å²) in [6.45, 7) is 5.31. The number of nitrogens with one attached hydrogen (secondary N) is 1. The number of sulfonamides is 1. The van der Waals surface area contributed by atoms with Gasteiger partial charge in [0, 0.05) is 22.6 Å². The van der Waals surface area contributed by atoms with Gasteiger partial charge in [0.05, 0.1) is 11.9 Å². The topological polar surface area (TPSA) is 86.8 Å². The highest BCUT2D eigenvalue weighted by atomic mass is 35.5. The van der Waals surface area contributed by atoms with Crippen molar-refractivity contribution in [3.63, 3.8) is 0 Å². The molecule has 2 aromatic rings. The predicted molar refractivity (Wildman–Crippen MR) is 177 cm³/mol. The van der Waals surface area contributed by atoms with Gasteiger partial charge in [-0.2, -0.15) is 0 Å². The second kappa shape index (κ2) is 13.2. The van der Waals surface area contributed by atoms with Gasteiger partial charge in [0.2, 0.25) is 21.8 Å². The Morgan fingerprint density at radius 2 is 1.55 bits per heavy atom. The van der Waals surface area contributed by atoms with Crippen LogP contribution in [0.5, 0.6) is 0 Å².